The van der Waals surface area contributed by atoms with E-state index in [9.17, 15) is 0 Å². The highest BCUT2D eigenvalue weighted by molar-refractivity contribution is 5.10. The molecule has 0 fully saturated rings. The summed E-state index contributed by atoms with van der Waals surface area (Å²) in [5.41, 5.74) is 5.02. The van der Waals surface area contributed by atoms with Gasteiger partial charge < -0.3 is 10.3 Å². The Morgan fingerprint density at radius 3 is 2.57 bits per heavy atom. The van der Waals surface area contributed by atoms with Gasteiger partial charge in [-0.2, -0.15) is 4.98 Å². The van der Waals surface area contributed by atoms with Crippen LogP contribution in [0.1, 0.15) is 5.89 Å². The van der Waals surface area contributed by atoms with Crippen LogP contribution < -0.4 is 5.73 Å². The van der Waals surface area contributed by atoms with Gasteiger partial charge in [-0.15, -0.1) is 0 Å². The second-order valence-corrected chi connectivity index (χ2v) is 1.05. The highest BCUT2D eigenvalue weighted by atomic mass is 16.5. The van der Waals surface area contributed by atoms with Gasteiger partial charge in [-0.05, 0) is 5.16 Å². The Morgan fingerprint density at radius 1 is 1.71 bits per heavy atom. The third kappa shape index (κ3) is 0.677. The highest BCUT2D eigenvalue weighted by Gasteiger charge is 1.90. The summed E-state index contributed by atoms with van der Waals surface area (Å²) in [4.78, 5) is 3.50. The molecule has 0 spiro atoms. The van der Waals surface area contributed by atoms with Crippen molar-refractivity contribution in [2.45, 2.75) is 0 Å². The van der Waals surface area contributed by atoms with Crippen LogP contribution in [0.5, 0.6) is 0 Å². The molecule has 0 aliphatic heterocycles. The van der Waals surface area contributed by atoms with E-state index in [0.717, 1.165) is 0 Å². The van der Waals surface area contributed by atoms with E-state index in [1.54, 1.807) is 0 Å². The molecule has 0 aliphatic carbocycles. The molecule has 0 amide bonds. The molecule has 7 heavy (non-hydrogen) atoms. The summed E-state index contributed by atoms with van der Waals surface area (Å²) in [7, 11) is 0. The number of aromatic nitrogens is 2. The number of rotatable bonds is 0. The van der Waals surface area contributed by atoms with Crippen LogP contribution in [0.15, 0.2) is 4.52 Å². The Hall–Kier alpha value is -1.06. The summed E-state index contributed by atoms with van der Waals surface area (Å²) in [6, 6.07) is 0. The van der Waals surface area contributed by atoms with Crippen molar-refractivity contribution in [3.63, 3.8) is 0 Å². The van der Waals surface area contributed by atoms with E-state index < -0.39 is 0 Å². The number of anilines is 1. The first-order valence-electron chi connectivity index (χ1n) is 1.70. The minimum Gasteiger partial charge on any atom is -0.365 e. The molecule has 0 atom stereocenters. The summed E-state index contributed by atoms with van der Waals surface area (Å²) in [6.07, 6.45) is 0. The lowest BCUT2D eigenvalue weighted by molar-refractivity contribution is 0.405. The summed E-state index contributed by atoms with van der Waals surface area (Å²) < 4.78 is 4.37. The minimum absolute atomic E-state index is 0.130. The van der Waals surface area contributed by atoms with E-state index in [2.05, 4.69) is 21.6 Å². The quantitative estimate of drug-likeness (QED) is 0.489. The van der Waals surface area contributed by atoms with Crippen LogP contribution in [0.3, 0.4) is 0 Å². The van der Waals surface area contributed by atoms with Crippen LogP contribution in [-0.2, 0) is 0 Å². The van der Waals surface area contributed by atoms with Gasteiger partial charge >= 0.3 is 0 Å². The Balaban J connectivity index is 3.04. The number of nitrogen functional groups attached to an aromatic ring is 1. The second-order valence-electron chi connectivity index (χ2n) is 1.05. The van der Waals surface area contributed by atoms with Gasteiger partial charge in [0.1, 0.15) is 0 Å². The van der Waals surface area contributed by atoms with E-state index in [-0.39, 0.29) is 11.8 Å². The van der Waals surface area contributed by atoms with Crippen molar-refractivity contribution in [3.8, 4) is 0 Å². The zero-order chi connectivity index (χ0) is 5.28. The molecule has 1 heterocycles. The fourth-order valence-corrected chi connectivity index (χ4v) is 0.268. The molecule has 4 nitrogen and oxygen atoms in total. The van der Waals surface area contributed by atoms with Crippen LogP contribution in [0.2, 0.25) is 0 Å². The molecule has 0 saturated heterocycles. The lowest BCUT2D eigenvalue weighted by Gasteiger charge is -1.65. The lowest BCUT2D eigenvalue weighted by Crippen LogP contribution is -1.84. The zero-order valence-corrected chi connectivity index (χ0v) is 3.59. The Kier molecular flexibility index (Phi) is 0.714. The average molecular weight is 98.1 g/mol. The number of hydrogen-bond donors (Lipinski definition) is 1. The van der Waals surface area contributed by atoms with E-state index in [4.69, 9.17) is 5.73 Å². The molecule has 1 aromatic heterocycles. The third-order valence-electron chi connectivity index (χ3n) is 0.484. The van der Waals surface area contributed by atoms with Crippen LogP contribution in [-0.4, -0.2) is 10.1 Å². The standard InChI is InChI=1S/C3H4N3O/c1-2-5-3(4)6-7-2/h1H2,(H2,4,6). The molecule has 1 aromatic rings. The van der Waals surface area contributed by atoms with Crippen molar-refractivity contribution in [1.29, 1.82) is 0 Å². The van der Waals surface area contributed by atoms with Crippen LogP contribution >= 0.6 is 0 Å². The van der Waals surface area contributed by atoms with E-state index in [1.165, 1.54) is 0 Å². The van der Waals surface area contributed by atoms with Crippen molar-refractivity contribution in [3.05, 3.63) is 12.8 Å². The average Bonchev–Trinajstić information content (AvgIpc) is 1.87. The van der Waals surface area contributed by atoms with Gasteiger partial charge in [0.15, 0.2) is 0 Å². The molecule has 0 bridgehead atoms. The molecule has 4 heteroatoms. The predicted molar refractivity (Wildman–Crippen MR) is 23.2 cm³/mol. The summed E-state index contributed by atoms with van der Waals surface area (Å²) in [6.45, 7) is 3.32. The molecule has 0 aromatic carbocycles. The summed E-state index contributed by atoms with van der Waals surface area (Å²) in [5.74, 6) is 0.377. The SMILES string of the molecule is [CH2]c1nc(N)no1. The maximum absolute atomic E-state index is 5.02. The van der Waals surface area contributed by atoms with Gasteiger partial charge in [0.25, 0.3) is 5.95 Å². The van der Waals surface area contributed by atoms with E-state index >= 15 is 0 Å². The summed E-state index contributed by atoms with van der Waals surface area (Å²) >= 11 is 0. The fraction of sp³-hybridized carbons (Fsp3) is 0. The largest absolute Gasteiger partial charge is 0.365 e. The smallest absolute Gasteiger partial charge is 0.260 e. The van der Waals surface area contributed by atoms with Crippen molar-refractivity contribution in [1.82, 2.24) is 10.1 Å². The zero-order valence-electron chi connectivity index (χ0n) is 3.59. The van der Waals surface area contributed by atoms with Crippen molar-refractivity contribution in [2.75, 3.05) is 5.73 Å². The van der Waals surface area contributed by atoms with Crippen LogP contribution in [0.4, 0.5) is 5.95 Å². The van der Waals surface area contributed by atoms with Crippen molar-refractivity contribution in [2.24, 2.45) is 0 Å². The highest BCUT2D eigenvalue weighted by Crippen LogP contribution is 1.92. The van der Waals surface area contributed by atoms with Gasteiger partial charge in [-0.3, -0.25) is 0 Å². The minimum atomic E-state index is 0.130. The predicted octanol–water partition coefficient (Wildman–Crippen LogP) is -0.166. The first kappa shape index (κ1) is 4.11. The Morgan fingerprint density at radius 2 is 2.43 bits per heavy atom. The number of nitrogens with zero attached hydrogens (tertiary/aromatic N) is 2. The molecule has 0 aliphatic rings. The lowest BCUT2D eigenvalue weighted by atomic mass is 10.8. The van der Waals surface area contributed by atoms with Crippen LogP contribution in [0, 0.1) is 6.92 Å². The first-order valence-corrected chi connectivity index (χ1v) is 1.70. The Labute approximate surface area is 40.3 Å². The van der Waals surface area contributed by atoms with Crippen molar-refractivity contribution >= 4 is 5.95 Å². The molecule has 0 saturated carbocycles. The molecule has 1 radical (unpaired) electrons. The number of nitrogens with two attached hydrogens (primary N) is 1. The molecule has 2 N–H and O–H groups in total. The fourth-order valence-electron chi connectivity index (χ4n) is 0.268. The van der Waals surface area contributed by atoms with Gasteiger partial charge in [-0.25, -0.2) is 0 Å². The Bertz CT molecular complexity index is 142. The van der Waals surface area contributed by atoms with Crippen LogP contribution in [0.25, 0.3) is 0 Å². The van der Waals surface area contributed by atoms with E-state index in [1.807, 2.05) is 0 Å². The molecule has 0 unspecified atom stereocenters. The second kappa shape index (κ2) is 1.22. The van der Waals surface area contributed by atoms with E-state index in [0.29, 0.717) is 0 Å². The molecule has 37 valence electrons. The third-order valence-corrected chi connectivity index (χ3v) is 0.484. The molecular weight excluding hydrogens is 94.1 g/mol. The number of hydrogen-bond acceptors (Lipinski definition) is 4. The van der Waals surface area contributed by atoms with Gasteiger partial charge in [0.2, 0.25) is 5.89 Å². The normalized spacial score (nSPS) is 9.29. The molecular formula is C3H4N3O. The monoisotopic (exact) mass is 98.0 g/mol. The maximum Gasteiger partial charge on any atom is 0.260 e. The van der Waals surface area contributed by atoms with Crippen molar-refractivity contribution < 1.29 is 4.52 Å². The van der Waals surface area contributed by atoms with Gasteiger partial charge in [0.05, 0.1) is 0 Å². The summed E-state index contributed by atoms with van der Waals surface area (Å²) in [5, 5.41) is 3.25. The topological polar surface area (TPSA) is 64.9 Å². The van der Waals surface area contributed by atoms with Gasteiger partial charge in [0, 0.05) is 6.92 Å². The van der Waals surface area contributed by atoms with Gasteiger partial charge in [-0.1, -0.05) is 0 Å². The molecule has 1 rings (SSSR count). The maximum atomic E-state index is 5.02. The first-order chi connectivity index (χ1) is 3.29.